The summed E-state index contributed by atoms with van der Waals surface area (Å²) < 4.78 is 7.19. The lowest BCUT2D eigenvalue weighted by Gasteiger charge is -2.53. The number of carbonyl (C=O) groups is 2. The van der Waals surface area contributed by atoms with Crippen LogP contribution in [0, 0.1) is 43.4 Å². The van der Waals surface area contributed by atoms with Crippen molar-refractivity contribution in [2.45, 2.75) is 46.0 Å². The number of hydrogen-bond donors (Lipinski definition) is 1. The zero-order valence-corrected chi connectivity index (χ0v) is 17.6. The molecule has 0 aliphatic heterocycles. The Bertz CT molecular complexity index is 935. The van der Waals surface area contributed by atoms with Gasteiger partial charge in [0, 0.05) is 6.07 Å². The van der Waals surface area contributed by atoms with Gasteiger partial charge in [0.2, 0.25) is 0 Å². The number of benzene rings is 1. The number of hydrogen-bond acceptors (Lipinski definition) is 4. The molecule has 0 unspecified atom stereocenters. The molecule has 4 aliphatic rings. The highest BCUT2D eigenvalue weighted by Gasteiger charge is 2.51. The van der Waals surface area contributed by atoms with Crippen molar-refractivity contribution >= 4 is 17.7 Å². The molecule has 4 fully saturated rings. The maximum absolute atomic E-state index is 12.8. The van der Waals surface area contributed by atoms with Crippen molar-refractivity contribution in [3.63, 3.8) is 0 Å². The topological polar surface area (TPSA) is 73.2 Å². The molecular weight excluding hydrogens is 378 g/mol. The van der Waals surface area contributed by atoms with Crippen molar-refractivity contribution in [1.82, 2.24) is 9.78 Å². The van der Waals surface area contributed by atoms with E-state index < -0.39 is 0 Å². The lowest BCUT2D eigenvalue weighted by atomic mass is 9.52. The fourth-order valence-corrected chi connectivity index (χ4v) is 6.19. The van der Waals surface area contributed by atoms with Gasteiger partial charge >= 0.3 is 5.97 Å². The Hall–Kier alpha value is -2.63. The van der Waals surface area contributed by atoms with Crippen LogP contribution < -0.4 is 5.32 Å². The lowest BCUT2D eigenvalue weighted by molar-refractivity contribution is -0.164. The van der Waals surface area contributed by atoms with E-state index in [2.05, 4.69) is 10.4 Å². The van der Waals surface area contributed by atoms with E-state index in [9.17, 15) is 9.59 Å². The van der Waals surface area contributed by atoms with Crippen LogP contribution in [0.3, 0.4) is 0 Å². The van der Waals surface area contributed by atoms with Gasteiger partial charge in [-0.15, -0.1) is 0 Å². The number of amides is 1. The van der Waals surface area contributed by atoms with Gasteiger partial charge in [0.05, 0.1) is 17.3 Å². The number of aromatic nitrogens is 2. The Labute approximate surface area is 177 Å². The van der Waals surface area contributed by atoms with Gasteiger partial charge in [0.15, 0.2) is 6.61 Å². The van der Waals surface area contributed by atoms with Gasteiger partial charge in [-0.2, -0.15) is 5.10 Å². The third-order valence-electron chi connectivity index (χ3n) is 7.22. The molecule has 0 saturated heterocycles. The first-order chi connectivity index (χ1) is 14.5. The average molecular weight is 408 g/mol. The van der Waals surface area contributed by atoms with Crippen molar-refractivity contribution in [1.29, 1.82) is 0 Å². The summed E-state index contributed by atoms with van der Waals surface area (Å²) >= 11 is 0. The summed E-state index contributed by atoms with van der Waals surface area (Å²) in [6, 6.07) is 9.75. The van der Waals surface area contributed by atoms with Crippen molar-refractivity contribution in [2.75, 3.05) is 11.9 Å². The summed E-state index contributed by atoms with van der Waals surface area (Å²) in [5.74, 6) is 2.60. The highest BCUT2D eigenvalue weighted by molar-refractivity contribution is 5.92. The molecule has 1 heterocycles. The Balaban J connectivity index is 1.21. The van der Waals surface area contributed by atoms with E-state index in [0.717, 1.165) is 54.5 Å². The van der Waals surface area contributed by atoms with E-state index in [1.54, 1.807) is 4.68 Å². The quantitative estimate of drug-likeness (QED) is 0.759. The molecule has 1 aromatic carbocycles. The van der Waals surface area contributed by atoms with Crippen LogP contribution in [0.15, 0.2) is 30.3 Å². The third-order valence-corrected chi connectivity index (χ3v) is 7.22. The predicted molar refractivity (Wildman–Crippen MR) is 113 cm³/mol. The molecule has 0 radical (unpaired) electrons. The highest BCUT2D eigenvalue weighted by Crippen LogP contribution is 2.56. The Morgan fingerprint density at radius 3 is 2.30 bits per heavy atom. The molecule has 2 aromatic rings. The van der Waals surface area contributed by atoms with Crippen molar-refractivity contribution in [3.8, 4) is 5.69 Å². The molecule has 1 N–H and O–H groups in total. The molecule has 6 rings (SSSR count). The number of anilines is 1. The second-order valence-corrected chi connectivity index (χ2v) is 9.53. The number of esters is 1. The first-order valence-corrected chi connectivity index (χ1v) is 11.1. The number of ether oxygens (including phenoxy) is 1. The second kappa shape index (κ2) is 7.56. The normalized spacial score (nSPS) is 29.1. The van der Waals surface area contributed by atoms with Gasteiger partial charge in [-0.3, -0.25) is 9.59 Å². The van der Waals surface area contributed by atoms with Crippen LogP contribution in [0.25, 0.3) is 5.69 Å². The van der Waals surface area contributed by atoms with Gasteiger partial charge in [0.1, 0.15) is 5.82 Å². The minimum absolute atomic E-state index is 0.00840. The van der Waals surface area contributed by atoms with Crippen molar-refractivity contribution < 1.29 is 14.3 Å². The fraction of sp³-hybridized carbons (Fsp3) is 0.542. The van der Waals surface area contributed by atoms with Gasteiger partial charge < -0.3 is 10.1 Å². The van der Waals surface area contributed by atoms with E-state index in [4.69, 9.17) is 4.74 Å². The lowest BCUT2D eigenvalue weighted by Crippen LogP contribution is -2.48. The number of nitrogens with one attached hydrogen (secondary N) is 1. The molecular formula is C24H29N3O3. The standard InChI is InChI=1S/C24H29N3O3/c1-14-3-5-20(6-4-14)27-21(7-15(2)26-27)25-22(28)13-30-24(29)23-18-9-16-8-17(11-18)12-19(23)10-16/h3-7,16-19,23H,8-13H2,1-2H3,(H,25,28). The molecule has 6 heteroatoms. The van der Waals surface area contributed by atoms with Crippen LogP contribution in [0.2, 0.25) is 0 Å². The number of rotatable bonds is 5. The van der Waals surface area contributed by atoms with E-state index >= 15 is 0 Å². The van der Waals surface area contributed by atoms with E-state index in [1.165, 1.54) is 6.42 Å². The second-order valence-electron chi connectivity index (χ2n) is 9.53. The van der Waals surface area contributed by atoms with Gasteiger partial charge in [-0.25, -0.2) is 4.68 Å². The number of aryl methyl sites for hydroxylation is 2. The van der Waals surface area contributed by atoms with Crippen LogP contribution in [-0.2, 0) is 14.3 Å². The van der Waals surface area contributed by atoms with E-state index in [0.29, 0.717) is 17.7 Å². The Kier molecular flexibility index (Phi) is 4.88. The van der Waals surface area contributed by atoms with Gasteiger partial charge in [-0.1, -0.05) is 17.7 Å². The smallest absolute Gasteiger partial charge is 0.310 e. The molecule has 4 bridgehead atoms. The Morgan fingerprint density at radius 1 is 1.03 bits per heavy atom. The largest absolute Gasteiger partial charge is 0.455 e. The maximum Gasteiger partial charge on any atom is 0.310 e. The summed E-state index contributed by atoms with van der Waals surface area (Å²) in [5, 5.41) is 7.33. The van der Waals surface area contributed by atoms with E-state index in [1.807, 2.05) is 44.2 Å². The molecule has 6 nitrogen and oxygen atoms in total. The van der Waals surface area contributed by atoms with Gasteiger partial charge in [0.25, 0.3) is 5.91 Å². The fourth-order valence-electron chi connectivity index (χ4n) is 6.19. The third kappa shape index (κ3) is 3.64. The molecule has 158 valence electrons. The SMILES string of the molecule is Cc1ccc(-n2nc(C)cc2NC(=O)COC(=O)C2C3CC4CC(C3)CC2C4)cc1. The summed E-state index contributed by atoms with van der Waals surface area (Å²) in [6.07, 6.45) is 6.00. The van der Waals surface area contributed by atoms with Crippen LogP contribution in [-0.4, -0.2) is 28.3 Å². The van der Waals surface area contributed by atoms with Crippen LogP contribution in [0.4, 0.5) is 5.82 Å². The summed E-state index contributed by atoms with van der Waals surface area (Å²) in [4.78, 5) is 25.3. The molecule has 4 aliphatic carbocycles. The highest BCUT2D eigenvalue weighted by atomic mass is 16.5. The zero-order valence-electron chi connectivity index (χ0n) is 17.6. The maximum atomic E-state index is 12.8. The summed E-state index contributed by atoms with van der Waals surface area (Å²) in [6.45, 7) is 3.66. The minimum atomic E-state index is -0.333. The minimum Gasteiger partial charge on any atom is -0.455 e. The average Bonchev–Trinajstić information content (AvgIpc) is 3.06. The first kappa shape index (κ1) is 19.3. The van der Waals surface area contributed by atoms with Crippen molar-refractivity contribution in [2.24, 2.45) is 29.6 Å². The van der Waals surface area contributed by atoms with Crippen LogP contribution in [0.5, 0.6) is 0 Å². The van der Waals surface area contributed by atoms with Crippen molar-refractivity contribution in [3.05, 3.63) is 41.6 Å². The molecule has 1 amide bonds. The Morgan fingerprint density at radius 2 is 1.67 bits per heavy atom. The number of carbonyl (C=O) groups excluding carboxylic acids is 2. The summed E-state index contributed by atoms with van der Waals surface area (Å²) in [7, 11) is 0. The monoisotopic (exact) mass is 407 g/mol. The molecule has 30 heavy (non-hydrogen) atoms. The van der Waals surface area contributed by atoms with Crippen LogP contribution in [0.1, 0.15) is 43.4 Å². The molecule has 1 aromatic heterocycles. The predicted octanol–water partition coefficient (Wildman–Crippen LogP) is 4.04. The molecule has 4 saturated carbocycles. The number of nitrogens with zero attached hydrogens (tertiary/aromatic N) is 2. The molecule has 0 spiro atoms. The van der Waals surface area contributed by atoms with Gasteiger partial charge in [-0.05, 0) is 81.8 Å². The summed E-state index contributed by atoms with van der Waals surface area (Å²) in [5.41, 5.74) is 2.83. The van der Waals surface area contributed by atoms with E-state index in [-0.39, 0.29) is 24.4 Å². The zero-order chi connectivity index (χ0) is 20.8. The first-order valence-electron chi connectivity index (χ1n) is 11.1. The van der Waals surface area contributed by atoms with Crippen LogP contribution >= 0.6 is 0 Å². The molecule has 0 atom stereocenters.